The van der Waals surface area contributed by atoms with E-state index in [1.165, 1.54) is 69.7 Å². The minimum Gasteiger partial charge on any atom is -0.459 e. The smallest absolute Gasteiger partial charge is 0.459 e. The van der Waals surface area contributed by atoms with Crippen molar-refractivity contribution in [3.63, 3.8) is 0 Å². The van der Waals surface area contributed by atoms with E-state index in [1.54, 1.807) is 44.2 Å². The van der Waals surface area contributed by atoms with Crippen LogP contribution in [0.2, 0.25) is 0 Å². The molecule has 0 aromatic heterocycles. The molecule has 0 aliphatic carbocycles. The second-order valence-electron chi connectivity index (χ2n) is 18.3. The molecule has 400 valence electrons. The Morgan fingerprint density at radius 3 is 1.99 bits per heavy atom. The van der Waals surface area contributed by atoms with Crippen LogP contribution in [-0.4, -0.2) is 168 Å². The molecule has 1 aromatic rings. The summed E-state index contributed by atoms with van der Waals surface area (Å²) in [5.41, 5.74) is 0.0331. The minimum atomic E-state index is -3.26. The van der Waals surface area contributed by atoms with E-state index in [0.717, 1.165) is 28.7 Å². The van der Waals surface area contributed by atoms with Crippen molar-refractivity contribution in [2.24, 2.45) is 17.8 Å². The Morgan fingerprint density at radius 2 is 1.47 bits per heavy atom. The third-order valence-corrected chi connectivity index (χ3v) is 12.8. The van der Waals surface area contributed by atoms with E-state index in [4.69, 9.17) is 23.5 Å². The fourth-order valence-corrected chi connectivity index (χ4v) is 8.02. The molecule has 0 radical (unpaired) electrons. The molecule has 24 heteroatoms. The lowest BCUT2D eigenvalue weighted by atomic mass is 9.94. The van der Waals surface area contributed by atoms with Gasteiger partial charge in [-0.3, -0.25) is 38.4 Å². The molecule has 0 spiro atoms. The number of hydrogen-bond acceptors (Lipinski definition) is 16. The summed E-state index contributed by atoms with van der Waals surface area (Å²) < 4.78 is 40.0. The minimum absolute atomic E-state index is 0.0242. The van der Waals surface area contributed by atoms with Gasteiger partial charge in [0.15, 0.2) is 18.2 Å². The van der Waals surface area contributed by atoms with Crippen molar-refractivity contribution in [1.29, 1.82) is 0 Å². The maximum atomic E-state index is 15.1. The van der Waals surface area contributed by atoms with Crippen molar-refractivity contribution in [3.8, 4) is 0 Å². The zero-order valence-electron chi connectivity index (χ0n) is 43.5. The van der Waals surface area contributed by atoms with Crippen LogP contribution in [0.1, 0.15) is 87.6 Å². The normalized spacial score (nSPS) is 24.7. The van der Waals surface area contributed by atoms with E-state index in [-0.39, 0.29) is 12.8 Å². The molecule has 6 amide bonds. The number of carbonyl (C=O) groups excluding carboxylic acids is 10. The van der Waals surface area contributed by atoms with Crippen molar-refractivity contribution in [2.75, 3.05) is 28.3 Å². The van der Waals surface area contributed by atoms with Crippen molar-refractivity contribution in [2.45, 2.75) is 149 Å². The van der Waals surface area contributed by atoms with Gasteiger partial charge in [-0.05, 0) is 45.1 Å². The Hall–Kier alpha value is -6.16. The van der Waals surface area contributed by atoms with Gasteiger partial charge in [0, 0.05) is 59.0 Å². The van der Waals surface area contributed by atoms with E-state index in [1.807, 2.05) is 0 Å². The van der Waals surface area contributed by atoms with Crippen LogP contribution in [0.4, 0.5) is 0 Å². The Balaban J connectivity index is 2.98. The molecule has 23 nitrogen and oxygen atoms in total. The van der Waals surface area contributed by atoms with Crippen LogP contribution in [0.3, 0.4) is 0 Å². The van der Waals surface area contributed by atoms with Gasteiger partial charge in [0.25, 0.3) is 11.8 Å². The third-order valence-electron chi connectivity index (χ3n) is 12.3. The maximum absolute atomic E-state index is 15.1. The molecule has 1 heterocycles. The van der Waals surface area contributed by atoms with Gasteiger partial charge < -0.3 is 49.6 Å². The van der Waals surface area contributed by atoms with Crippen LogP contribution in [0.15, 0.2) is 42.6 Å². The Kier molecular flexibility index (Phi) is 24.2. The number of rotatable bonds is 16. The summed E-state index contributed by atoms with van der Waals surface area (Å²) in [6, 6.07) is 0.141. The molecule has 1 aromatic carbocycles. The molecule has 1 aliphatic heterocycles. The predicted molar refractivity (Wildman–Crippen MR) is 258 cm³/mol. The first kappa shape index (κ1) is 62.0. The van der Waals surface area contributed by atoms with Gasteiger partial charge in [0.1, 0.15) is 47.9 Å². The van der Waals surface area contributed by atoms with Gasteiger partial charge in [0.2, 0.25) is 23.6 Å². The molecule has 0 saturated carbocycles. The molecular weight excluding hydrogens is 964 g/mol. The average Bonchev–Trinajstić information content (AvgIpc) is 3.32. The number of amides is 6. The second-order valence-corrected chi connectivity index (χ2v) is 19.0. The van der Waals surface area contributed by atoms with Crippen LogP contribution in [0.5, 0.6) is 0 Å². The number of likely N-dealkylation sites (N-methyl/N-ethyl adjacent to an activating group) is 3. The van der Waals surface area contributed by atoms with Crippen molar-refractivity contribution in [1.82, 2.24) is 30.7 Å². The SMILES string of the molecule is C=C1C(=O)N[C@@H](C)C(=O)N(C)[C@@H](C)C(=O)N[C@@H]([C@H](OC(=O)[C@@H](CC(=O)CC)[C@@H](C)O[P+](=O)O)C(C)C)C(=O)N(C)[C@@H]([C@@H](C)OC)C(=O)O[C@H](C(C)C)[C@H](NC(C)=O)C(=O)O[C@H](Cc2ccccc2)C(=O)N1C. The molecule has 4 N–H and O–H groups in total. The highest BCUT2D eigenvalue weighted by atomic mass is 31.1. The number of methoxy groups -OCH3 is 1. The number of cyclic esters (lactones) is 2. The average molecular weight is 1040 g/mol. The number of ether oxygens (including phenoxy) is 4. The molecule has 0 bridgehead atoms. The lowest BCUT2D eigenvalue weighted by Gasteiger charge is -2.38. The summed E-state index contributed by atoms with van der Waals surface area (Å²) in [5, 5.41) is 7.46. The Labute approximate surface area is 421 Å². The van der Waals surface area contributed by atoms with E-state index in [2.05, 4.69) is 22.5 Å². The van der Waals surface area contributed by atoms with E-state index in [9.17, 15) is 52.6 Å². The largest absolute Gasteiger partial charge is 0.695 e. The highest BCUT2D eigenvalue weighted by molar-refractivity contribution is 7.32. The number of hydrogen-bond donors (Lipinski definition) is 4. The number of carbonyl (C=O) groups is 10. The maximum Gasteiger partial charge on any atom is 0.695 e. The van der Waals surface area contributed by atoms with Crippen LogP contribution < -0.4 is 16.0 Å². The predicted octanol–water partition coefficient (Wildman–Crippen LogP) is 1.51. The van der Waals surface area contributed by atoms with E-state index >= 15 is 4.79 Å². The number of benzene rings is 1. The summed E-state index contributed by atoms with van der Waals surface area (Å²) >= 11 is 0. The van der Waals surface area contributed by atoms with Crippen LogP contribution >= 0.6 is 8.25 Å². The molecule has 1 unspecified atom stereocenters. The van der Waals surface area contributed by atoms with Gasteiger partial charge in [-0.2, -0.15) is 0 Å². The van der Waals surface area contributed by atoms with Crippen molar-refractivity contribution in [3.05, 3.63) is 48.2 Å². The zero-order valence-corrected chi connectivity index (χ0v) is 44.4. The molecular formula is C48H72N6O17P+. The monoisotopic (exact) mass is 1040 g/mol. The summed E-state index contributed by atoms with van der Waals surface area (Å²) in [6.07, 6.45) is -8.22. The molecule has 72 heavy (non-hydrogen) atoms. The number of nitrogens with one attached hydrogen (secondary N) is 3. The molecule has 2 rings (SSSR count). The third kappa shape index (κ3) is 17.0. The Bertz CT molecular complexity index is 2170. The number of Topliss-reactive ketones (excluding diaryl/α,β-unsaturated/α-hetero) is 1. The van der Waals surface area contributed by atoms with Gasteiger partial charge in [-0.25, -0.2) is 9.59 Å². The van der Waals surface area contributed by atoms with Gasteiger partial charge >= 0.3 is 26.2 Å². The quantitative estimate of drug-likeness (QED) is 0.0789. The summed E-state index contributed by atoms with van der Waals surface area (Å²) in [4.78, 5) is 152. The zero-order chi connectivity index (χ0) is 55.1. The first-order chi connectivity index (χ1) is 33.5. The van der Waals surface area contributed by atoms with Crippen LogP contribution in [0.25, 0.3) is 0 Å². The van der Waals surface area contributed by atoms with Gasteiger partial charge in [-0.1, -0.05) is 71.5 Å². The lowest BCUT2D eigenvalue weighted by Crippen LogP contribution is -2.63. The van der Waals surface area contributed by atoms with Gasteiger partial charge in [0.05, 0.1) is 12.0 Å². The lowest BCUT2D eigenvalue weighted by molar-refractivity contribution is -0.177. The second kappa shape index (κ2) is 28.2. The standard InChI is InChI=1S/C48H71N6O17P/c1-16-33(56)23-34(29(9)71-72(65)66)46(62)69-39(24(2)3)36-45(61)54(14)38(30(10)67-15)48(64)70-40(25(4)5)37(50-31(11)55)47(63)68-35(22-32-20-18-17-19-21-32)44(60)53(13)27(7)41(57)49-26(6)43(59)52(12)28(8)42(58)51-36/h17-21,24-26,28-30,34-40H,7,16,22-23H2,1-6,8-15H3,(H3-,49,50,51,55,57,58,65,66)/p+1/t26-,28-,29+,30+,34-,35+,36-,37-,38-,39+,40+/m0/s1. The van der Waals surface area contributed by atoms with Gasteiger partial charge in [-0.15, -0.1) is 9.42 Å². The molecule has 12 atom stereocenters. The first-order valence-corrected chi connectivity index (χ1v) is 24.5. The highest BCUT2D eigenvalue weighted by Crippen LogP contribution is 2.28. The fourth-order valence-electron chi connectivity index (χ4n) is 7.59. The van der Waals surface area contributed by atoms with Crippen molar-refractivity contribution >= 4 is 67.4 Å². The summed E-state index contributed by atoms with van der Waals surface area (Å²) in [5.74, 6) is -12.8. The number of ketones is 1. The Morgan fingerprint density at radius 1 is 0.875 bits per heavy atom. The number of esters is 3. The van der Waals surface area contributed by atoms with E-state index < -0.39 is 158 Å². The molecule has 1 saturated heterocycles. The van der Waals surface area contributed by atoms with Crippen LogP contribution in [-0.2, 0) is 82.4 Å². The summed E-state index contributed by atoms with van der Waals surface area (Å²) in [7, 11) is 1.55. The van der Waals surface area contributed by atoms with Crippen molar-refractivity contribution < 1.29 is 80.9 Å². The summed E-state index contributed by atoms with van der Waals surface area (Å²) in [6.45, 7) is 17.8. The van der Waals surface area contributed by atoms with E-state index in [0.29, 0.717) is 5.56 Å². The number of nitrogens with zero attached hydrogens (tertiary/aromatic N) is 3. The molecule has 1 aliphatic rings. The van der Waals surface area contributed by atoms with Crippen LogP contribution in [0, 0.1) is 17.8 Å². The fraction of sp³-hybridized carbons (Fsp3) is 0.625. The molecule has 1 fully saturated rings. The first-order valence-electron chi connectivity index (χ1n) is 23.4. The topological polar surface area (TPSA) is 300 Å². The highest BCUT2D eigenvalue weighted by Gasteiger charge is 2.47.